The first-order valence-corrected chi connectivity index (χ1v) is 6.51. The van der Waals surface area contributed by atoms with Crippen molar-refractivity contribution in [3.63, 3.8) is 0 Å². The quantitative estimate of drug-likeness (QED) is 0.842. The summed E-state index contributed by atoms with van der Waals surface area (Å²) < 4.78 is 0. The molecule has 1 aromatic carbocycles. The Kier molecular flexibility index (Phi) is 4.48. The van der Waals surface area contributed by atoms with E-state index in [9.17, 15) is 0 Å². The van der Waals surface area contributed by atoms with Crippen molar-refractivity contribution in [1.29, 1.82) is 0 Å². The molecule has 2 nitrogen and oxygen atoms in total. The van der Waals surface area contributed by atoms with Gasteiger partial charge in [-0.1, -0.05) is 35.9 Å². The van der Waals surface area contributed by atoms with Crippen molar-refractivity contribution in [3.05, 3.63) is 65.5 Å². The molecule has 0 aliphatic carbocycles. The molecule has 1 aromatic heterocycles. The summed E-state index contributed by atoms with van der Waals surface area (Å²) >= 11 is 0. The van der Waals surface area contributed by atoms with E-state index in [0.29, 0.717) is 0 Å². The second-order valence-corrected chi connectivity index (χ2v) is 4.94. The minimum atomic E-state index is 1.04. The van der Waals surface area contributed by atoms with E-state index in [0.717, 1.165) is 19.5 Å². The number of pyridine rings is 1. The van der Waals surface area contributed by atoms with Crippen LogP contribution in [-0.2, 0) is 13.0 Å². The number of aromatic nitrogens is 1. The first-order chi connectivity index (χ1) is 8.74. The summed E-state index contributed by atoms with van der Waals surface area (Å²) in [6, 6.07) is 14.9. The molecule has 0 saturated heterocycles. The van der Waals surface area contributed by atoms with Crippen LogP contribution in [0.1, 0.15) is 16.8 Å². The van der Waals surface area contributed by atoms with E-state index < -0.39 is 0 Å². The molecule has 0 amide bonds. The summed E-state index contributed by atoms with van der Waals surface area (Å²) in [4.78, 5) is 5.88. The van der Waals surface area contributed by atoms with E-state index in [4.69, 9.17) is 0 Å². The molecule has 0 saturated carbocycles. The molecule has 0 fully saturated rings. The van der Waals surface area contributed by atoms with Gasteiger partial charge in [0.15, 0.2) is 0 Å². The molecule has 1 heterocycles. The van der Waals surface area contributed by atoms with Gasteiger partial charge in [-0.3, -0.25) is 4.98 Å². The van der Waals surface area contributed by atoms with Crippen molar-refractivity contribution >= 4 is 0 Å². The number of nitrogens with one attached hydrogen (secondary N) is 1. The standard InChI is InChI=1S/C16H20N2/c1-14-6-5-7-15(12-14)13-18(2)11-9-16-8-3-4-10-17-16/h3-8,10,12H,9,11,13H2,1-2H3/p+1. The van der Waals surface area contributed by atoms with Gasteiger partial charge in [0.2, 0.25) is 0 Å². The zero-order valence-corrected chi connectivity index (χ0v) is 11.2. The highest BCUT2D eigenvalue weighted by Crippen LogP contribution is 2.01. The monoisotopic (exact) mass is 241 g/mol. The van der Waals surface area contributed by atoms with Gasteiger partial charge in [0.1, 0.15) is 6.54 Å². The second kappa shape index (κ2) is 6.31. The second-order valence-electron chi connectivity index (χ2n) is 4.94. The maximum Gasteiger partial charge on any atom is 0.103 e. The Bertz CT molecular complexity index is 479. The van der Waals surface area contributed by atoms with Crippen molar-refractivity contribution < 1.29 is 4.90 Å². The van der Waals surface area contributed by atoms with Gasteiger partial charge in [-0.2, -0.15) is 0 Å². The van der Waals surface area contributed by atoms with Crippen LogP contribution in [0.15, 0.2) is 48.7 Å². The summed E-state index contributed by atoms with van der Waals surface area (Å²) in [5, 5.41) is 0. The average molecular weight is 241 g/mol. The van der Waals surface area contributed by atoms with Crippen LogP contribution in [0.3, 0.4) is 0 Å². The van der Waals surface area contributed by atoms with E-state index in [1.165, 1.54) is 21.7 Å². The lowest BCUT2D eigenvalue weighted by Gasteiger charge is -2.14. The Labute approximate surface area is 109 Å². The van der Waals surface area contributed by atoms with Gasteiger partial charge < -0.3 is 4.90 Å². The first-order valence-electron chi connectivity index (χ1n) is 6.51. The zero-order chi connectivity index (χ0) is 12.8. The number of rotatable bonds is 5. The van der Waals surface area contributed by atoms with Crippen LogP contribution in [0, 0.1) is 6.92 Å². The Hall–Kier alpha value is -1.67. The maximum atomic E-state index is 4.36. The highest BCUT2D eigenvalue weighted by molar-refractivity contribution is 5.21. The smallest absolute Gasteiger partial charge is 0.103 e. The fourth-order valence-electron chi connectivity index (χ4n) is 2.15. The van der Waals surface area contributed by atoms with Crippen LogP contribution in [0.25, 0.3) is 0 Å². The maximum absolute atomic E-state index is 4.36. The molecule has 2 aromatic rings. The molecule has 2 rings (SSSR count). The van der Waals surface area contributed by atoms with Gasteiger partial charge in [-0.05, 0) is 19.1 Å². The van der Waals surface area contributed by atoms with E-state index in [1.54, 1.807) is 0 Å². The van der Waals surface area contributed by atoms with Gasteiger partial charge >= 0.3 is 0 Å². The SMILES string of the molecule is Cc1cccc(C[NH+](C)CCc2ccccn2)c1. The third-order valence-electron chi connectivity index (χ3n) is 3.12. The Balaban J connectivity index is 1.84. The van der Waals surface area contributed by atoms with Crippen molar-refractivity contribution in [3.8, 4) is 0 Å². The number of hydrogen-bond donors (Lipinski definition) is 1. The molecule has 0 aliphatic rings. The minimum Gasteiger partial charge on any atom is -0.333 e. The van der Waals surface area contributed by atoms with Crippen LogP contribution >= 0.6 is 0 Å². The van der Waals surface area contributed by atoms with Crippen molar-refractivity contribution in [2.75, 3.05) is 13.6 Å². The fraction of sp³-hybridized carbons (Fsp3) is 0.312. The lowest BCUT2D eigenvalue weighted by atomic mass is 10.1. The predicted molar refractivity (Wildman–Crippen MR) is 74.6 cm³/mol. The van der Waals surface area contributed by atoms with Crippen LogP contribution in [0.2, 0.25) is 0 Å². The highest BCUT2D eigenvalue weighted by Gasteiger charge is 2.04. The lowest BCUT2D eigenvalue weighted by Crippen LogP contribution is -3.07. The van der Waals surface area contributed by atoms with Crippen LogP contribution in [-0.4, -0.2) is 18.6 Å². The molecule has 0 radical (unpaired) electrons. The Morgan fingerprint density at radius 2 is 2.00 bits per heavy atom. The number of quaternary nitrogens is 1. The Morgan fingerprint density at radius 3 is 2.72 bits per heavy atom. The summed E-state index contributed by atoms with van der Waals surface area (Å²) in [7, 11) is 2.24. The Morgan fingerprint density at radius 1 is 1.11 bits per heavy atom. The lowest BCUT2D eigenvalue weighted by molar-refractivity contribution is -0.893. The van der Waals surface area contributed by atoms with Crippen LogP contribution in [0.4, 0.5) is 0 Å². The molecule has 0 spiro atoms. The van der Waals surface area contributed by atoms with E-state index >= 15 is 0 Å². The first kappa shape index (κ1) is 12.8. The van der Waals surface area contributed by atoms with Crippen molar-refractivity contribution in [1.82, 2.24) is 4.98 Å². The van der Waals surface area contributed by atoms with E-state index in [2.05, 4.69) is 55.4 Å². The van der Waals surface area contributed by atoms with Crippen LogP contribution < -0.4 is 4.90 Å². The molecule has 1 N–H and O–H groups in total. The molecule has 0 bridgehead atoms. The largest absolute Gasteiger partial charge is 0.333 e. The topological polar surface area (TPSA) is 17.3 Å². The molecular weight excluding hydrogens is 220 g/mol. The normalized spacial score (nSPS) is 12.3. The fourth-order valence-corrected chi connectivity index (χ4v) is 2.15. The van der Waals surface area contributed by atoms with Gasteiger partial charge in [0.05, 0.1) is 13.6 Å². The molecule has 1 unspecified atom stereocenters. The summed E-state index contributed by atoms with van der Waals surface area (Å²) in [5.41, 5.74) is 3.93. The number of benzene rings is 1. The summed E-state index contributed by atoms with van der Waals surface area (Å²) in [6.45, 7) is 4.34. The predicted octanol–water partition coefficient (Wildman–Crippen LogP) is 1.65. The van der Waals surface area contributed by atoms with E-state index in [-0.39, 0.29) is 0 Å². The van der Waals surface area contributed by atoms with Gasteiger partial charge in [0.25, 0.3) is 0 Å². The summed E-state index contributed by atoms with van der Waals surface area (Å²) in [5.74, 6) is 0. The highest BCUT2D eigenvalue weighted by atomic mass is 15.1. The molecule has 2 heteroatoms. The van der Waals surface area contributed by atoms with Crippen molar-refractivity contribution in [2.45, 2.75) is 19.9 Å². The number of aryl methyl sites for hydroxylation is 1. The number of hydrogen-bond acceptors (Lipinski definition) is 1. The third kappa shape index (κ3) is 3.97. The third-order valence-corrected chi connectivity index (χ3v) is 3.12. The minimum absolute atomic E-state index is 1.04. The number of nitrogens with zero attached hydrogens (tertiary/aromatic N) is 1. The molecule has 0 aliphatic heterocycles. The zero-order valence-electron chi connectivity index (χ0n) is 11.2. The molecule has 1 atom stereocenters. The molecule has 94 valence electrons. The van der Waals surface area contributed by atoms with Gasteiger partial charge in [-0.15, -0.1) is 0 Å². The van der Waals surface area contributed by atoms with Crippen molar-refractivity contribution in [2.24, 2.45) is 0 Å². The molecular formula is C16H21N2+. The number of likely N-dealkylation sites (N-methyl/N-ethyl adjacent to an activating group) is 1. The van der Waals surface area contributed by atoms with Gasteiger partial charge in [0, 0.05) is 23.9 Å². The van der Waals surface area contributed by atoms with E-state index in [1.807, 2.05) is 12.3 Å². The van der Waals surface area contributed by atoms with Crippen LogP contribution in [0.5, 0.6) is 0 Å². The molecule has 18 heavy (non-hydrogen) atoms. The summed E-state index contributed by atoms with van der Waals surface area (Å²) in [6.07, 6.45) is 2.91. The van der Waals surface area contributed by atoms with Gasteiger partial charge in [-0.25, -0.2) is 0 Å². The average Bonchev–Trinajstić information content (AvgIpc) is 2.38.